The third kappa shape index (κ3) is 4.27. The van der Waals surface area contributed by atoms with Crippen LogP contribution in [0.4, 0.5) is 13.2 Å². The largest absolute Gasteiger partial charge is 0.490 e. The van der Waals surface area contributed by atoms with E-state index >= 15 is 0 Å². The zero-order valence-electron chi connectivity index (χ0n) is 15.6. The molecular weight excluding hydrogens is 399 g/mol. The molecule has 0 unspecified atom stereocenters. The summed E-state index contributed by atoms with van der Waals surface area (Å²) in [5.41, 5.74) is -0.481. The van der Waals surface area contributed by atoms with Crippen molar-refractivity contribution in [3.63, 3.8) is 0 Å². The first-order valence-electron chi connectivity index (χ1n) is 9.09. The fourth-order valence-corrected chi connectivity index (χ4v) is 4.73. The van der Waals surface area contributed by atoms with Crippen molar-refractivity contribution in [2.45, 2.75) is 51.3 Å². The second kappa shape index (κ2) is 7.90. The van der Waals surface area contributed by atoms with Crippen LogP contribution in [-0.4, -0.2) is 32.5 Å². The number of alkyl halides is 3. The predicted octanol–water partition coefficient (Wildman–Crippen LogP) is 4.32. The summed E-state index contributed by atoms with van der Waals surface area (Å²) in [4.78, 5) is 0. The van der Waals surface area contributed by atoms with E-state index in [1.165, 1.54) is 12.1 Å². The second-order valence-corrected chi connectivity index (χ2v) is 8.72. The molecule has 1 aliphatic rings. The first kappa shape index (κ1) is 20.9. The Bertz CT molecular complexity index is 939. The molecule has 6 nitrogen and oxygen atoms in total. The molecule has 28 heavy (non-hydrogen) atoms. The number of halogens is 3. The van der Waals surface area contributed by atoms with Gasteiger partial charge >= 0.3 is 6.18 Å². The number of benzene rings is 1. The van der Waals surface area contributed by atoms with Gasteiger partial charge in [-0.2, -0.15) is 21.6 Å². The lowest BCUT2D eigenvalue weighted by atomic mass is 10.0. The summed E-state index contributed by atoms with van der Waals surface area (Å²) >= 11 is 0. The normalized spacial score (nSPS) is 20.8. The quantitative estimate of drug-likeness (QED) is 0.620. The van der Waals surface area contributed by atoms with Crippen molar-refractivity contribution in [3.05, 3.63) is 23.4 Å². The van der Waals surface area contributed by atoms with E-state index in [1.807, 2.05) is 6.92 Å². The van der Waals surface area contributed by atoms with Gasteiger partial charge in [0, 0.05) is 11.5 Å². The number of nitrogens with zero attached hydrogens (tertiary/aromatic N) is 1. The number of aryl methyl sites for hydroxylation is 1. The van der Waals surface area contributed by atoms with Crippen LogP contribution in [-0.2, 0) is 26.9 Å². The summed E-state index contributed by atoms with van der Waals surface area (Å²) in [5, 5.41) is 3.10. The molecular formula is C18H22F3NO5S. The monoisotopic (exact) mass is 421 g/mol. The van der Waals surface area contributed by atoms with Crippen LogP contribution in [0.2, 0.25) is 0 Å². The summed E-state index contributed by atoms with van der Waals surface area (Å²) in [7, 11) is -2.51. The Morgan fingerprint density at radius 3 is 2.68 bits per heavy atom. The molecule has 1 fully saturated rings. The summed E-state index contributed by atoms with van der Waals surface area (Å²) in [6.45, 7) is 1.90. The average molecular weight is 421 g/mol. The summed E-state index contributed by atoms with van der Waals surface area (Å²) in [6.07, 6.45) is -1.70. The minimum atomic E-state index is -4.61. The molecule has 0 N–H and O–H groups in total. The van der Waals surface area contributed by atoms with Gasteiger partial charge in [0.1, 0.15) is 11.9 Å². The highest BCUT2D eigenvalue weighted by Gasteiger charge is 2.38. The summed E-state index contributed by atoms with van der Waals surface area (Å²) in [6, 6.07) is 2.78. The second-order valence-electron chi connectivity index (χ2n) is 6.94. The summed E-state index contributed by atoms with van der Waals surface area (Å²) in [5.74, 6) is 0.0154. The Hall–Kier alpha value is -1.81. The van der Waals surface area contributed by atoms with Crippen LogP contribution in [0.15, 0.2) is 16.7 Å². The highest BCUT2D eigenvalue weighted by molar-refractivity contribution is 7.86. The SMILES string of the molecule is CCCc1c(O[C@@H]2CCC[C@H]2CS(=O)(=O)OC)ccc2c(C(F)(F)F)noc12. The van der Waals surface area contributed by atoms with Gasteiger partial charge in [-0.05, 0) is 37.8 Å². The van der Waals surface area contributed by atoms with Crippen molar-refractivity contribution >= 4 is 21.1 Å². The van der Waals surface area contributed by atoms with Crippen LogP contribution in [0.1, 0.15) is 43.9 Å². The maximum Gasteiger partial charge on any atom is 0.437 e. The van der Waals surface area contributed by atoms with Crippen LogP contribution >= 0.6 is 0 Å². The van der Waals surface area contributed by atoms with E-state index in [0.717, 1.165) is 13.5 Å². The van der Waals surface area contributed by atoms with Crippen molar-refractivity contribution < 1.29 is 35.0 Å². The lowest BCUT2D eigenvalue weighted by molar-refractivity contribution is -0.141. The Balaban J connectivity index is 1.93. The molecule has 0 bridgehead atoms. The Kier molecular flexibility index (Phi) is 5.90. The van der Waals surface area contributed by atoms with Crippen LogP contribution in [0.25, 0.3) is 11.0 Å². The fraction of sp³-hybridized carbons (Fsp3) is 0.611. The maximum atomic E-state index is 13.1. The zero-order valence-corrected chi connectivity index (χ0v) is 16.4. The van der Waals surface area contributed by atoms with E-state index < -0.39 is 22.0 Å². The molecule has 0 saturated heterocycles. The number of fused-ring (bicyclic) bond motifs is 1. The Morgan fingerprint density at radius 1 is 1.29 bits per heavy atom. The van der Waals surface area contributed by atoms with E-state index in [1.54, 1.807) is 0 Å². The number of ether oxygens (including phenoxy) is 1. The average Bonchev–Trinajstić information content (AvgIpc) is 3.23. The maximum absolute atomic E-state index is 13.1. The van der Waals surface area contributed by atoms with Crippen molar-refractivity contribution in [1.82, 2.24) is 5.16 Å². The van der Waals surface area contributed by atoms with Gasteiger partial charge in [-0.1, -0.05) is 18.5 Å². The molecule has 156 valence electrons. The van der Waals surface area contributed by atoms with E-state index in [2.05, 4.69) is 9.34 Å². The van der Waals surface area contributed by atoms with Crippen molar-refractivity contribution in [3.8, 4) is 5.75 Å². The molecule has 1 aliphatic carbocycles. The molecule has 1 aromatic carbocycles. The van der Waals surface area contributed by atoms with Gasteiger partial charge in [-0.25, -0.2) is 0 Å². The van der Waals surface area contributed by atoms with Gasteiger partial charge in [0.15, 0.2) is 11.3 Å². The lowest BCUT2D eigenvalue weighted by Gasteiger charge is -2.22. The van der Waals surface area contributed by atoms with Crippen molar-refractivity contribution in [2.24, 2.45) is 5.92 Å². The zero-order chi connectivity index (χ0) is 20.5. The smallest absolute Gasteiger partial charge is 0.437 e. The molecule has 0 radical (unpaired) electrons. The van der Waals surface area contributed by atoms with Crippen LogP contribution in [0.3, 0.4) is 0 Å². The van der Waals surface area contributed by atoms with Gasteiger partial charge in [0.05, 0.1) is 18.2 Å². The number of rotatable bonds is 7. The molecule has 0 aliphatic heterocycles. The van der Waals surface area contributed by atoms with E-state index in [4.69, 9.17) is 9.26 Å². The topological polar surface area (TPSA) is 78.6 Å². The van der Waals surface area contributed by atoms with Crippen LogP contribution < -0.4 is 4.74 Å². The van der Waals surface area contributed by atoms with Gasteiger partial charge < -0.3 is 9.26 Å². The molecule has 0 amide bonds. The van der Waals surface area contributed by atoms with Gasteiger partial charge in [0.2, 0.25) is 0 Å². The molecule has 1 saturated carbocycles. The minimum absolute atomic E-state index is 0.0609. The fourth-order valence-electron chi connectivity index (χ4n) is 3.68. The highest BCUT2D eigenvalue weighted by atomic mass is 32.2. The predicted molar refractivity (Wildman–Crippen MR) is 95.6 cm³/mol. The Labute approximate surface area is 161 Å². The lowest BCUT2D eigenvalue weighted by Crippen LogP contribution is -2.28. The Morgan fingerprint density at radius 2 is 2.04 bits per heavy atom. The highest BCUT2D eigenvalue weighted by Crippen LogP contribution is 2.40. The van der Waals surface area contributed by atoms with Crippen molar-refractivity contribution in [2.75, 3.05) is 12.9 Å². The number of aromatic nitrogens is 1. The number of hydrogen-bond acceptors (Lipinski definition) is 6. The molecule has 2 atom stereocenters. The van der Waals surface area contributed by atoms with E-state index in [0.29, 0.717) is 37.0 Å². The third-order valence-electron chi connectivity index (χ3n) is 5.01. The molecule has 1 heterocycles. The summed E-state index contributed by atoms with van der Waals surface area (Å²) < 4.78 is 78.6. The van der Waals surface area contributed by atoms with E-state index in [-0.39, 0.29) is 28.7 Å². The molecule has 0 spiro atoms. The standard InChI is InChI=1S/C18H22F3NO5S/c1-3-5-12-15(9-8-13-16(12)27-22-17(13)18(19,20)21)26-14-7-4-6-11(14)10-28(23,24)25-2/h8-9,11,14H,3-7,10H2,1-2H3/t11-,14+/m0/s1. The first-order chi connectivity index (χ1) is 13.2. The van der Waals surface area contributed by atoms with Gasteiger partial charge in [-0.3, -0.25) is 4.18 Å². The molecule has 3 rings (SSSR count). The molecule has 1 aromatic heterocycles. The molecule has 2 aromatic rings. The van der Waals surface area contributed by atoms with Gasteiger partial charge in [-0.15, -0.1) is 0 Å². The van der Waals surface area contributed by atoms with E-state index in [9.17, 15) is 21.6 Å². The number of hydrogen-bond donors (Lipinski definition) is 0. The van der Waals surface area contributed by atoms with Gasteiger partial charge in [0.25, 0.3) is 10.1 Å². The molecule has 10 heteroatoms. The third-order valence-corrected chi connectivity index (χ3v) is 6.35. The van der Waals surface area contributed by atoms with Crippen LogP contribution in [0.5, 0.6) is 5.75 Å². The minimum Gasteiger partial charge on any atom is -0.490 e. The van der Waals surface area contributed by atoms with Crippen molar-refractivity contribution in [1.29, 1.82) is 0 Å². The van der Waals surface area contributed by atoms with Crippen LogP contribution in [0, 0.1) is 5.92 Å². The first-order valence-corrected chi connectivity index (χ1v) is 10.7.